The van der Waals surface area contributed by atoms with Crippen LogP contribution in [0.5, 0.6) is 0 Å². The Morgan fingerprint density at radius 3 is 2.94 bits per heavy atom. The van der Waals surface area contributed by atoms with Gasteiger partial charge in [-0.1, -0.05) is 19.8 Å². The summed E-state index contributed by atoms with van der Waals surface area (Å²) in [5, 5.41) is 3.45. The summed E-state index contributed by atoms with van der Waals surface area (Å²) in [7, 11) is 1.96. The van der Waals surface area contributed by atoms with E-state index in [4.69, 9.17) is 0 Å². The first-order valence-electron chi connectivity index (χ1n) is 7.15. The van der Waals surface area contributed by atoms with Gasteiger partial charge in [-0.15, -0.1) is 0 Å². The molecule has 1 aliphatic carbocycles. The Balaban J connectivity index is 1.95. The van der Waals surface area contributed by atoms with Crippen molar-refractivity contribution in [3.63, 3.8) is 0 Å². The fourth-order valence-corrected chi connectivity index (χ4v) is 3.51. The minimum atomic E-state index is 0.104. The van der Waals surface area contributed by atoms with Crippen molar-refractivity contribution in [2.45, 2.75) is 58.0 Å². The van der Waals surface area contributed by atoms with E-state index in [0.29, 0.717) is 17.9 Å². The van der Waals surface area contributed by atoms with Crippen LogP contribution in [0.4, 0.5) is 0 Å². The molecule has 0 aromatic rings. The molecule has 4 atom stereocenters. The Morgan fingerprint density at radius 1 is 1.47 bits per heavy atom. The molecular formula is C14H26N2O. The number of rotatable bonds is 4. The van der Waals surface area contributed by atoms with Crippen molar-refractivity contribution in [1.29, 1.82) is 0 Å². The minimum Gasteiger partial charge on any atom is -0.342 e. The molecule has 0 spiro atoms. The molecule has 1 saturated heterocycles. The van der Waals surface area contributed by atoms with Gasteiger partial charge in [0.25, 0.3) is 0 Å². The summed E-state index contributed by atoms with van der Waals surface area (Å²) in [5.74, 6) is 1.69. The Hall–Kier alpha value is -0.570. The number of fused-ring (bicyclic) bond motifs is 1. The molecule has 1 heterocycles. The second-order valence-corrected chi connectivity index (χ2v) is 5.83. The molecule has 0 bridgehead atoms. The number of hydrogen-bond donors (Lipinski definition) is 1. The number of nitrogens with zero attached hydrogens (tertiary/aromatic N) is 1. The van der Waals surface area contributed by atoms with E-state index in [1.807, 2.05) is 11.9 Å². The Morgan fingerprint density at radius 2 is 2.24 bits per heavy atom. The van der Waals surface area contributed by atoms with E-state index in [1.165, 1.54) is 19.3 Å². The van der Waals surface area contributed by atoms with Gasteiger partial charge in [-0.3, -0.25) is 4.79 Å². The molecule has 2 rings (SSSR count). The normalized spacial score (nSPS) is 33.5. The Labute approximate surface area is 105 Å². The highest BCUT2D eigenvalue weighted by Gasteiger charge is 2.43. The van der Waals surface area contributed by atoms with E-state index in [-0.39, 0.29) is 6.04 Å². The van der Waals surface area contributed by atoms with Gasteiger partial charge >= 0.3 is 0 Å². The van der Waals surface area contributed by atoms with Crippen molar-refractivity contribution in [2.24, 2.45) is 11.8 Å². The Bertz CT molecular complexity index is 279. The molecule has 3 nitrogen and oxygen atoms in total. The van der Waals surface area contributed by atoms with E-state index >= 15 is 0 Å². The average molecular weight is 238 g/mol. The first-order chi connectivity index (χ1) is 8.15. The number of carbonyl (C=O) groups is 1. The molecule has 17 heavy (non-hydrogen) atoms. The van der Waals surface area contributed by atoms with Crippen LogP contribution in [-0.2, 0) is 4.79 Å². The van der Waals surface area contributed by atoms with E-state index in [2.05, 4.69) is 19.2 Å². The largest absolute Gasteiger partial charge is 0.342 e. The number of likely N-dealkylation sites (N-methyl/N-ethyl adjacent to an activating group) is 1. The van der Waals surface area contributed by atoms with Crippen molar-refractivity contribution in [1.82, 2.24) is 10.2 Å². The molecule has 0 aromatic carbocycles. The third-order valence-corrected chi connectivity index (χ3v) is 4.73. The van der Waals surface area contributed by atoms with Crippen LogP contribution in [0, 0.1) is 11.8 Å². The molecule has 1 aliphatic heterocycles. The number of nitrogens with one attached hydrogen (secondary N) is 1. The van der Waals surface area contributed by atoms with Crippen molar-refractivity contribution < 1.29 is 4.79 Å². The van der Waals surface area contributed by atoms with Crippen LogP contribution >= 0.6 is 0 Å². The summed E-state index contributed by atoms with van der Waals surface area (Å²) in [6.07, 6.45) is 6.11. The van der Waals surface area contributed by atoms with Crippen molar-refractivity contribution in [2.75, 3.05) is 13.6 Å². The maximum Gasteiger partial charge on any atom is 0.239 e. The number of hydrogen-bond acceptors (Lipinski definition) is 2. The maximum atomic E-state index is 12.5. The zero-order valence-electron chi connectivity index (χ0n) is 11.4. The van der Waals surface area contributed by atoms with Gasteiger partial charge < -0.3 is 10.2 Å². The fraction of sp³-hybridized carbons (Fsp3) is 0.929. The van der Waals surface area contributed by atoms with Crippen LogP contribution < -0.4 is 5.32 Å². The average Bonchev–Trinajstić information content (AvgIpc) is 2.89. The van der Waals surface area contributed by atoms with Crippen LogP contribution in [0.1, 0.15) is 46.0 Å². The highest BCUT2D eigenvalue weighted by molar-refractivity contribution is 5.82. The monoisotopic (exact) mass is 238 g/mol. The van der Waals surface area contributed by atoms with Crippen molar-refractivity contribution in [3.05, 3.63) is 0 Å². The molecule has 2 fully saturated rings. The molecular weight excluding hydrogens is 212 g/mol. The van der Waals surface area contributed by atoms with Crippen LogP contribution in [0.3, 0.4) is 0 Å². The summed E-state index contributed by atoms with van der Waals surface area (Å²) in [5.41, 5.74) is 0. The van der Waals surface area contributed by atoms with Crippen LogP contribution in [0.2, 0.25) is 0 Å². The van der Waals surface area contributed by atoms with Gasteiger partial charge in [0, 0.05) is 13.1 Å². The number of amides is 1. The lowest BCUT2D eigenvalue weighted by atomic mass is 9.93. The summed E-state index contributed by atoms with van der Waals surface area (Å²) >= 11 is 0. The van der Waals surface area contributed by atoms with Gasteiger partial charge in [-0.05, 0) is 44.6 Å². The first-order valence-corrected chi connectivity index (χ1v) is 7.15. The number of carbonyl (C=O) groups excluding carboxylic acids is 1. The molecule has 98 valence electrons. The topological polar surface area (TPSA) is 32.3 Å². The second kappa shape index (κ2) is 5.38. The third kappa shape index (κ3) is 2.49. The summed E-state index contributed by atoms with van der Waals surface area (Å²) in [6.45, 7) is 5.38. The third-order valence-electron chi connectivity index (χ3n) is 4.73. The van der Waals surface area contributed by atoms with Crippen LogP contribution in [0.15, 0.2) is 0 Å². The molecule has 0 radical (unpaired) electrons. The van der Waals surface area contributed by atoms with Gasteiger partial charge in [0.05, 0.1) is 6.04 Å². The van der Waals surface area contributed by atoms with E-state index in [1.54, 1.807) is 0 Å². The molecule has 1 amide bonds. The summed E-state index contributed by atoms with van der Waals surface area (Å²) in [6, 6.07) is 0.474. The van der Waals surface area contributed by atoms with E-state index in [0.717, 1.165) is 25.3 Å². The highest BCUT2D eigenvalue weighted by atomic mass is 16.2. The zero-order chi connectivity index (χ0) is 12.4. The zero-order valence-corrected chi connectivity index (χ0v) is 11.4. The van der Waals surface area contributed by atoms with Gasteiger partial charge in [0.2, 0.25) is 5.91 Å². The highest BCUT2D eigenvalue weighted by Crippen LogP contribution is 2.38. The lowest BCUT2D eigenvalue weighted by Gasteiger charge is -2.29. The standard InChI is InChI=1S/C14H26N2O/c1-4-6-10(2)16(3)14(17)13-12-8-5-7-11(12)9-15-13/h10-13,15H,4-9H2,1-3H3. The van der Waals surface area contributed by atoms with Gasteiger partial charge in [-0.25, -0.2) is 0 Å². The molecule has 3 heteroatoms. The molecule has 4 unspecified atom stereocenters. The van der Waals surface area contributed by atoms with Gasteiger partial charge in [-0.2, -0.15) is 0 Å². The summed E-state index contributed by atoms with van der Waals surface area (Å²) < 4.78 is 0. The lowest BCUT2D eigenvalue weighted by molar-refractivity contribution is -0.134. The molecule has 1 saturated carbocycles. The van der Waals surface area contributed by atoms with Crippen LogP contribution in [0.25, 0.3) is 0 Å². The summed E-state index contributed by atoms with van der Waals surface area (Å²) in [4.78, 5) is 14.4. The fourth-order valence-electron chi connectivity index (χ4n) is 3.51. The van der Waals surface area contributed by atoms with Gasteiger partial charge in [0.15, 0.2) is 0 Å². The Kier molecular flexibility index (Phi) is 4.08. The van der Waals surface area contributed by atoms with Gasteiger partial charge in [0.1, 0.15) is 0 Å². The predicted octanol–water partition coefficient (Wildman–Crippen LogP) is 2.02. The minimum absolute atomic E-state index is 0.104. The quantitative estimate of drug-likeness (QED) is 0.812. The molecule has 0 aromatic heterocycles. The maximum absolute atomic E-state index is 12.5. The lowest BCUT2D eigenvalue weighted by Crippen LogP contribution is -2.47. The second-order valence-electron chi connectivity index (χ2n) is 5.83. The predicted molar refractivity (Wildman–Crippen MR) is 69.8 cm³/mol. The van der Waals surface area contributed by atoms with Crippen LogP contribution in [-0.4, -0.2) is 36.5 Å². The SMILES string of the molecule is CCCC(C)N(C)C(=O)C1NCC2CCCC21. The van der Waals surface area contributed by atoms with Crippen molar-refractivity contribution in [3.8, 4) is 0 Å². The molecule has 1 N–H and O–H groups in total. The van der Waals surface area contributed by atoms with E-state index in [9.17, 15) is 4.79 Å². The van der Waals surface area contributed by atoms with Crippen molar-refractivity contribution >= 4 is 5.91 Å². The molecule has 2 aliphatic rings. The smallest absolute Gasteiger partial charge is 0.239 e. The van der Waals surface area contributed by atoms with E-state index < -0.39 is 0 Å². The first kappa shape index (κ1) is 12.9.